The highest BCUT2D eigenvalue weighted by molar-refractivity contribution is 14.1. The zero-order valence-corrected chi connectivity index (χ0v) is 16.6. The number of methoxy groups -OCH3 is 1. The number of imide groups is 1. The highest BCUT2D eigenvalue weighted by Crippen LogP contribution is 2.35. The summed E-state index contributed by atoms with van der Waals surface area (Å²) in [4.78, 5) is 26.8. The molecule has 2 fully saturated rings. The van der Waals surface area contributed by atoms with Crippen LogP contribution in [0.4, 0.5) is 4.79 Å². The van der Waals surface area contributed by atoms with Crippen molar-refractivity contribution in [2.24, 2.45) is 5.92 Å². The maximum absolute atomic E-state index is 12.6. The molecule has 6 heteroatoms. The van der Waals surface area contributed by atoms with Crippen LogP contribution in [-0.4, -0.2) is 29.7 Å². The smallest absolute Gasteiger partial charge is 0.293 e. The van der Waals surface area contributed by atoms with E-state index >= 15 is 0 Å². The molecule has 2 amide bonds. The average Bonchev–Trinajstić information content (AvgIpc) is 2.84. The summed E-state index contributed by atoms with van der Waals surface area (Å²) < 4.78 is 6.22. The average molecular weight is 457 g/mol. The Morgan fingerprint density at radius 1 is 1.29 bits per heavy atom. The molecule has 1 aliphatic heterocycles. The van der Waals surface area contributed by atoms with Crippen molar-refractivity contribution in [1.82, 2.24) is 4.90 Å². The largest absolute Gasteiger partial charge is 0.496 e. The fourth-order valence-corrected chi connectivity index (χ4v) is 4.82. The van der Waals surface area contributed by atoms with E-state index < -0.39 is 0 Å². The Morgan fingerprint density at radius 2 is 2.04 bits per heavy atom. The van der Waals surface area contributed by atoms with Gasteiger partial charge in [0.1, 0.15) is 5.75 Å². The van der Waals surface area contributed by atoms with E-state index in [0.717, 1.165) is 39.5 Å². The van der Waals surface area contributed by atoms with Gasteiger partial charge in [-0.1, -0.05) is 25.3 Å². The third-order valence-electron chi connectivity index (χ3n) is 4.51. The standard InChI is InChI=1S/C18H20INO3S/c1-23-15-8-7-13(9-14(15)19)10-16-17(21)20(18(22)24-16)11-12-5-3-2-4-6-12/h7-10,12H,2-6,11H2,1H3/b16-10+. The maximum atomic E-state index is 12.6. The second kappa shape index (κ2) is 7.91. The monoisotopic (exact) mass is 457 g/mol. The molecule has 2 aliphatic rings. The number of nitrogens with zero attached hydrogens (tertiary/aromatic N) is 1. The zero-order chi connectivity index (χ0) is 17.1. The number of rotatable bonds is 4. The molecule has 0 atom stereocenters. The topological polar surface area (TPSA) is 46.6 Å². The maximum Gasteiger partial charge on any atom is 0.293 e. The van der Waals surface area contributed by atoms with E-state index in [1.807, 2.05) is 18.2 Å². The highest BCUT2D eigenvalue weighted by atomic mass is 127. The number of thioether (sulfide) groups is 1. The molecule has 1 aromatic rings. The van der Waals surface area contributed by atoms with Crippen LogP contribution in [0.15, 0.2) is 23.1 Å². The van der Waals surface area contributed by atoms with Crippen LogP contribution in [0.2, 0.25) is 0 Å². The summed E-state index contributed by atoms with van der Waals surface area (Å²) in [6.45, 7) is 0.572. The fourth-order valence-electron chi connectivity index (χ4n) is 3.21. The van der Waals surface area contributed by atoms with Gasteiger partial charge in [0.05, 0.1) is 15.6 Å². The van der Waals surface area contributed by atoms with E-state index in [4.69, 9.17) is 4.74 Å². The van der Waals surface area contributed by atoms with Crippen LogP contribution in [0.1, 0.15) is 37.7 Å². The highest BCUT2D eigenvalue weighted by Gasteiger charge is 2.36. The van der Waals surface area contributed by atoms with Gasteiger partial charge < -0.3 is 4.74 Å². The minimum atomic E-state index is -0.151. The van der Waals surface area contributed by atoms with Gasteiger partial charge in [-0.15, -0.1) is 0 Å². The summed E-state index contributed by atoms with van der Waals surface area (Å²) in [5, 5.41) is -0.139. The van der Waals surface area contributed by atoms with E-state index in [9.17, 15) is 9.59 Å². The Hall–Kier alpha value is -1.02. The Kier molecular flexibility index (Phi) is 5.86. The van der Waals surface area contributed by atoms with Crippen molar-refractivity contribution in [3.05, 3.63) is 32.2 Å². The second-order valence-electron chi connectivity index (χ2n) is 6.19. The van der Waals surface area contributed by atoms with Gasteiger partial charge in [-0.25, -0.2) is 0 Å². The van der Waals surface area contributed by atoms with Crippen LogP contribution < -0.4 is 4.74 Å². The number of amides is 2. The van der Waals surface area contributed by atoms with Crippen LogP contribution in [0.3, 0.4) is 0 Å². The molecular formula is C18H20INO3S. The lowest BCUT2D eigenvalue weighted by Crippen LogP contribution is -2.34. The van der Waals surface area contributed by atoms with Gasteiger partial charge in [0.15, 0.2) is 0 Å². The molecule has 3 rings (SSSR count). The molecule has 4 nitrogen and oxygen atoms in total. The molecule has 0 aromatic heterocycles. The van der Waals surface area contributed by atoms with E-state index in [0.29, 0.717) is 17.4 Å². The first-order chi connectivity index (χ1) is 11.6. The van der Waals surface area contributed by atoms with E-state index in [-0.39, 0.29) is 11.1 Å². The first-order valence-corrected chi connectivity index (χ1v) is 10.1. The molecule has 0 bridgehead atoms. The third kappa shape index (κ3) is 3.96. The quantitative estimate of drug-likeness (QED) is 0.476. The molecular weight excluding hydrogens is 437 g/mol. The van der Waals surface area contributed by atoms with Crippen LogP contribution in [0.25, 0.3) is 6.08 Å². The predicted molar refractivity (Wildman–Crippen MR) is 105 cm³/mol. The van der Waals surface area contributed by atoms with Gasteiger partial charge in [0, 0.05) is 6.54 Å². The number of halogens is 1. The summed E-state index contributed by atoms with van der Waals surface area (Å²) in [6.07, 6.45) is 7.73. The number of hydrogen-bond acceptors (Lipinski definition) is 4. The minimum absolute atomic E-state index is 0.139. The molecule has 0 spiro atoms. The number of hydrogen-bond donors (Lipinski definition) is 0. The number of ether oxygens (including phenoxy) is 1. The van der Waals surface area contributed by atoms with E-state index in [1.54, 1.807) is 13.2 Å². The number of benzene rings is 1. The van der Waals surface area contributed by atoms with Crippen molar-refractivity contribution in [3.63, 3.8) is 0 Å². The number of carbonyl (C=O) groups excluding carboxylic acids is 2. The summed E-state index contributed by atoms with van der Waals surface area (Å²) >= 11 is 3.25. The Balaban J connectivity index is 1.74. The Bertz CT molecular complexity index is 683. The second-order valence-corrected chi connectivity index (χ2v) is 8.35. The third-order valence-corrected chi connectivity index (χ3v) is 6.26. The van der Waals surface area contributed by atoms with Crippen LogP contribution in [0, 0.1) is 9.49 Å². The summed E-state index contributed by atoms with van der Waals surface area (Å²) in [5.41, 5.74) is 0.906. The predicted octanol–water partition coefficient (Wildman–Crippen LogP) is 4.92. The van der Waals surface area contributed by atoms with Gasteiger partial charge in [-0.2, -0.15) is 0 Å². The van der Waals surface area contributed by atoms with Gasteiger partial charge in [0.25, 0.3) is 11.1 Å². The van der Waals surface area contributed by atoms with Crippen molar-refractivity contribution in [3.8, 4) is 5.75 Å². The molecule has 1 aliphatic carbocycles. The molecule has 1 saturated carbocycles. The lowest BCUT2D eigenvalue weighted by Gasteiger charge is -2.25. The molecule has 1 heterocycles. The van der Waals surface area contributed by atoms with Crippen molar-refractivity contribution < 1.29 is 14.3 Å². The van der Waals surface area contributed by atoms with Crippen molar-refractivity contribution in [2.45, 2.75) is 32.1 Å². The molecule has 24 heavy (non-hydrogen) atoms. The molecule has 128 valence electrons. The van der Waals surface area contributed by atoms with Crippen molar-refractivity contribution in [2.75, 3.05) is 13.7 Å². The van der Waals surface area contributed by atoms with Gasteiger partial charge >= 0.3 is 0 Å². The first kappa shape index (κ1) is 17.8. The van der Waals surface area contributed by atoms with Gasteiger partial charge in [0.2, 0.25) is 0 Å². The Labute approximate surface area is 160 Å². The van der Waals surface area contributed by atoms with Crippen LogP contribution in [0.5, 0.6) is 5.75 Å². The summed E-state index contributed by atoms with van der Waals surface area (Å²) in [6, 6.07) is 5.73. The fraction of sp³-hybridized carbons (Fsp3) is 0.444. The lowest BCUT2D eigenvalue weighted by atomic mass is 9.89. The van der Waals surface area contributed by atoms with E-state index in [1.165, 1.54) is 24.2 Å². The van der Waals surface area contributed by atoms with Gasteiger partial charge in [-0.3, -0.25) is 14.5 Å². The molecule has 0 radical (unpaired) electrons. The Morgan fingerprint density at radius 3 is 2.71 bits per heavy atom. The van der Waals surface area contributed by atoms with Crippen LogP contribution in [-0.2, 0) is 4.79 Å². The molecule has 0 unspecified atom stereocenters. The SMILES string of the molecule is COc1ccc(/C=C2/SC(=O)N(CC3CCCCC3)C2=O)cc1I. The molecule has 1 aromatic carbocycles. The summed E-state index contributed by atoms with van der Waals surface area (Å²) in [5.74, 6) is 1.12. The van der Waals surface area contributed by atoms with Crippen molar-refractivity contribution >= 4 is 51.6 Å². The minimum Gasteiger partial charge on any atom is -0.496 e. The lowest BCUT2D eigenvalue weighted by molar-refractivity contribution is -0.123. The normalized spacial score (nSPS) is 20.9. The van der Waals surface area contributed by atoms with Crippen molar-refractivity contribution in [1.29, 1.82) is 0 Å². The zero-order valence-electron chi connectivity index (χ0n) is 13.6. The van der Waals surface area contributed by atoms with Gasteiger partial charge in [-0.05, 0) is 76.9 Å². The van der Waals surface area contributed by atoms with Crippen LogP contribution >= 0.6 is 34.4 Å². The summed E-state index contributed by atoms with van der Waals surface area (Å²) in [7, 11) is 1.63. The number of carbonyl (C=O) groups is 2. The van der Waals surface area contributed by atoms with E-state index in [2.05, 4.69) is 22.6 Å². The first-order valence-electron chi connectivity index (χ1n) is 8.17. The molecule has 1 saturated heterocycles. The molecule has 0 N–H and O–H groups in total.